The molecule has 5 amide bonds. The molecule has 2 aromatic heterocycles. The van der Waals surface area contributed by atoms with Crippen molar-refractivity contribution in [1.29, 1.82) is 0 Å². The van der Waals surface area contributed by atoms with E-state index >= 15 is 0 Å². The molecule has 0 bridgehead atoms. The number of benzene rings is 1. The molecule has 0 spiro atoms. The van der Waals surface area contributed by atoms with Crippen LogP contribution >= 0.6 is 11.3 Å². The second-order valence-electron chi connectivity index (χ2n) is 18.4. The number of ether oxygens (including phenoxy) is 2. The first-order chi connectivity index (χ1) is 29.5. The number of amides is 5. The van der Waals surface area contributed by atoms with Gasteiger partial charge in [-0.05, 0) is 63.5 Å². The Bertz CT molecular complexity index is 2200. The molecule has 7 rings (SSSR count). The van der Waals surface area contributed by atoms with E-state index in [1.54, 1.807) is 30.2 Å². The summed E-state index contributed by atoms with van der Waals surface area (Å²) in [7, 11) is 1.58. The summed E-state index contributed by atoms with van der Waals surface area (Å²) in [6.45, 7) is 11.0. The lowest BCUT2D eigenvalue weighted by molar-refractivity contribution is -0.145. The molecule has 5 N–H and O–H groups in total. The number of hydrogen-bond acceptors (Lipinski definition) is 11. The second kappa shape index (κ2) is 18.5. The number of thiazole rings is 1. The number of allylic oxidation sites excluding steroid dienone is 1. The molecule has 4 aliphatic rings. The maximum absolute atomic E-state index is 14.9. The summed E-state index contributed by atoms with van der Waals surface area (Å²) in [5.74, 6) is -1.45. The van der Waals surface area contributed by atoms with Crippen molar-refractivity contribution in [1.82, 2.24) is 35.7 Å². The van der Waals surface area contributed by atoms with Crippen LogP contribution in [0, 0.1) is 11.3 Å². The molecule has 2 saturated heterocycles. The number of pyridine rings is 1. The summed E-state index contributed by atoms with van der Waals surface area (Å²) in [4.78, 5) is 81.3. The summed E-state index contributed by atoms with van der Waals surface area (Å²) in [5.41, 5.74) is -0.0911. The van der Waals surface area contributed by atoms with Crippen LogP contribution in [0.15, 0.2) is 41.8 Å². The number of aliphatic carboxylic acids is 1. The van der Waals surface area contributed by atoms with Gasteiger partial charge in [-0.15, -0.1) is 11.3 Å². The number of likely N-dealkylation sites (tertiary alicyclic amines) is 1. The molecule has 17 heteroatoms. The number of carbonyl (C=O) groups is 5. The number of anilines is 1. The second-order valence-corrected chi connectivity index (χ2v) is 19.2. The topological polar surface area (TPSA) is 204 Å². The number of carboxylic acids is 1. The number of rotatable bonds is 11. The van der Waals surface area contributed by atoms with Crippen LogP contribution in [0.25, 0.3) is 22.3 Å². The summed E-state index contributed by atoms with van der Waals surface area (Å²) in [5, 5.41) is 25.9. The van der Waals surface area contributed by atoms with E-state index in [0.717, 1.165) is 30.8 Å². The van der Waals surface area contributed by atoms with Gasteiger partial charge >= 0.3 is 12.0 Å². The Morgan fingerprint density at radius 3 is 2.60 bits per heavy atom. The van der Waals surface area contributed by atoms with E-state index in [1.165, 1.54) is 16.2 Å². The van der Waals surface area contributed by atoms with Crippen LogP contribution in [0.1, 0.15) is 92.4 Å². The zero-order valence-electron chi connectivity index (χ0n) is 36.5. The number of carbonyl (C=O) groups excluding carboxylic acids is 4. The molecule has 5 heterocycles. The van der Waals surface area contributed by atoms with Gasteiger partial charge in [0.25, 0.3) is 0 Å². The van der Waals surface area contributed by atoms with Crippen LogP contribution in [0.2, 0.25) is 0 Å². The Balaban J connectivity index is 1.19. The van der Waals surface area contributed by atoms with E-state index in [4.69, 9.17) is 19.4 Å². The number of nitrogens with one attached hydrogen (secondary N) is 4. The van der Waals surface area contributed by atoms with Gasteiger partial charge in [0, 0.05) is 60.8 Å². The van der Waals surface area contributed by atoms with Crippen molar-refractivity contribution in [2.45, 2.75) is 128 Å². The number of hydrogen-bond donors (Lipinski definition) is 5. The molecular formula is C45H60N8O8S. The first-order valence-electron chi connectivity index (χ1n) is 21.8. The Morgan fingerprint density at radius 2 is 1.89 bits per heavy atom. The minimum atomic E-state index is -1.48. The monoisotopic (exact) mass is 872 g/mol. The predicted molar refractivity (Wildman–Crippen MR) is 236 cm³/mol. The summed E-state index contributed by atoms with van der Waals surface area (Å²) in [6, 6.07) is 4.40. The van der Waals surface area contributed by atoms with E-state index in [-0.39, 0.29) is 37.3 Å². The molecule has 6 atom stereocenters. The fourth-order valence-corrected chi connectivity index (χ4v) is 9.43. The van der Waals surface area contributed by atoms with Gasteiger partial charge in [0.2, 0.25) is 17.7 Å². The van der Waals surface area contributed by atoms with Crippen LogP contribution in [0.5, 0.6) is 11.5 Å². The zero-order chi connectivity index (χ0) is 44.3. The summed E-state index contributed by atoms with van der Waals surface area (Å²) >= 11 is 1.46. The molecule has 16 nitrogen and oxygen atoms in total. The SMILES string of the molecule is COc1ccc2c(O[C@@H]3C[C@H]4C(=O)N[C@]5(C(=O)O)CC5/C=C\CCCCC[C@@H](NC(=O)N[C@H](CN5CCCC5=O)C(C)(C)C)C(=O)N4C3)cc(-c3csc(NC(C)C)n3)nc2c1. The van der Waals surface area contributed by atoms with Crippen molar-refractivity contribution < 1.29 is 38.6 Å². The van der Waals surface area contributed by atoms with Gasteiger partial charge in [-0.1, -0.05) is 45.8 Å². The van der Waals surface area contributed by atoms with Crippen molar-refractivity contribution in [2.24, 2.45) is 11.3 Å². The predicted octanol–water partition coefficient (Wildman–Crippen LogP) is 5.72. The van der Waals surface area contributed by atoms with Crippen molar-refractivity contribution in [3.63, 3.8) is 0 Å². The number of nitrogens with zero attached hydrogens (tertiary/aromatic N) is 4. The Morgan fingerprint density at radius 1 is 1.08 bits per heavy atom. The average molecular weight is 873 g/mol. The highest BCUT2D eigenvalue weighted by Crippen LogP contribution is 2.45. The van der Waals surface area contributed by atoms with Crippen molar-refractivity contribution in [3.05, 3.63) is 41.8 Å². The number of carboxylic acid groups (broad SMARTS) is 1. The fourth-order valence-electron chi connectivity index (χ4n) is 8.57. The van der Waals surface area contributed by atoms with Gasteiger partial charge in [-0.25, -0.2) is 19.6 Å². The number of aromatic nitrogens is 2. The van der Waals surface area contributed by atoms with E-state index in [1.807, 2.05) is 58.2 Å². The lowest BCUT2D eigenvalue weighted by atomic mass is 9.86. The molecule has 0 radical (unpaired) electrons. The maximum Gasteiger partial charge on any atom is 0.330 e. The zero-order valence-corrected chi connectivity index (χ0v) is 37.3. The largest absolute Gasteiger partial charge is 0.497 e. The van der Waals surface area contributed by atoms with Crippen LogP contribution in [-0.2, 0) is 19.2 Å². The summed E-state index contributed by atoms with van der Waals surface area (Å²) in [6.07, 6.45) is 7.96. The van der Waals surface area contributed by atoms with Gasteiger partial charge in [0.15, 0.2) is 5.13 Å². The standard InChI is InChI=1S/C45H60N8O8S/c1-26(2)46-43-49-34(25-62-43)33-21-36(30-17-16-28(60-6)19-32(30)47-33)61-29-20-35-39(55)51-45(41(57)58)22-27(45)13-10-8-7-9-11-14-31(40(56)53(35)23-29)48-42(59)50-37(44(3,4)5)24-52-18-12-15-38(52)54/h10,13,16-17,19,21,25-27,29,31,35,37H,7-9,11-12,14-15,18,20,22-24H2,1-6H3,(H,46,49)(H,51,55)(H,57,58)(H2,48,50,59)/b13-10-/t27?,29-,31-,35+,37-,45-/m1/s1. The highest BCUT2D eigenvalue weighted by Gasteiger charge is 2.61. The number of methoxy groups -OCH3 is 1. The Kier molecular flexibility index (Phi) is 13.3. The maximum atomic E-state index is 14.9. The Hall–Kier alpha value is -5.45. The molecular weight excluding hydrogens is 813 g/mol. The van der Waals surface area contributed by atoms with E-state index in [2.05, 4.69) is 21.3 Å². The fraction of sp³-hybridized carbons (Fsp3) is 0.578. The molecule has 1 saturated carbocycles. The average Bonchev–Trinajstić information content (AvgIpc) is 3.55. The first-order valence-corrected chi connectivity index (χ1v) is 22.7. The third kappa shape index (κ3) is 10.1. The van der Waals surface area contributed by atoms with Gasteiger partial charge in [0.1, 0.15) is 40.9 Å². The molecule has 334 valence electrons. The van der Waals surface area contributed by atoms with Crippen LogP contribution < -0.4 is 30.7 Å². The molecule has 1 aliphatic carbocycles. The van der Waals surface area contributed by atoms with Gasteiger partial charge in [-0.3, -0.25) is 14.4 Å². The van der Waals surface area contributed by atoms with Crippen LogP contribution in [0.4, 0.5) is 9.93 Å². The van der Waals surface area contributed by atoms with E-state index in [9.17, 15) is 29.1 Å². The molecule has 3 fully saturated rings. The van der Waals surface area contributed by atoms with Crippen molar-refractivity contribution >= 4 is 57.1 Å². The number of fused-ring (bicyclic) bond motifs is 3. The molecule has 1 unspecified atom stereocenters. The number of urea groups is 1. The summed E-state index contributed by atoms with van der Waals surface area (Å²) < 4.78 is 12.3. The quantitative estimate of drug-likeness (QED) is 0.148. The van der Waals surface area contributed by atoms with Crippen LogP contribution in [-0.4, -0.2) is 117 Å². The third-order valence-electron chi connectivity index (χ3n) is 12.3. The minimum Gasteiger partial charge on any atom is -0.497 e. The molecule has 62 heavy (non-hydrogen) atoms. The normalized spacial score (nSPS) is 25.6. The first kappa shape index (κ1) is 44.6. The third-order valence-corrected chi connectivity index (χ3v) is 13.1. The van der Waals surface area contributed by atoms with E-state index in [0.29, 0.717) is 66.1 Å². The molecule has 1 aromatic carbocycles. The van der Waals surface area contributed by atoms with Crippen molar-refractivity contribution in [2.75, 3.05) is 32.1 Å². The van der Waals surface area contributed by atoms with Gasteiger partial charge < -0.3 is 45.6 Å². The van der Waals surface area contributed by atoms with Gasteiger partial charge in [0.05, 0.1) is 30.9 Å². The highest BCUT2D eigenvalue weighted by atomic mass is 32.1. The lowest BCUT2D eigenvalue weighted by Crippen LogP contribution is -2.59. The van der Waals surface area contributed by atoms with Crippen LogP contribution in [0.3, 0.4) is 0 Å². The highest BCUT2D eigenvalue weighted by molar-refractivity contribution is 7.14. The lowest BCUT2D eigenvalue weighted by Gasteiger charge is -2.35. The van der Waals surface area contributed by atoms with E-state index < -0.39 is 59.0 Å². The Labute approximate surface area is 366 Å². The smallest absolute Gasteiger partial charge is 0.330 e. The van der Waals surface area contributed by atoms with Crippen molar-refractivity contribution in [3.8, 4) is 22.9 Å². The minimum absolute atomic E-state index is 0.00370. The molecule has 3 aliphatic heterocycles. The van der Waals surface area contributed by atoms with Gasteiger partial charge in [-0.2, -0.15) is 0 Å². The molecule has 3 aromatic rings.